The summed E-state index contributed by atoms with van der Waals surface area (Å²) in [5, 5.41) is 9.95. The minimum atomic E-state index is -0.156. The highest BCUT2D eigenvalue weighted by atomic mass is 35.5. The number of rotatable bonds is 3. The zero-order valence-electron chi connectivity index (χ0n) is 10.5. The quantitative estimate of drug-likeness (QED) is 0.910. The number of nitrogens with zero attached hydrogens (tertiary/aromatic N) is 1. The number of hydrogen-bond acceptors (Lipinski definition) is 3. The third-order valence-electron chi connectivity index (χ3n) is 2.98. The van der Waals surface area contributed by atoms with E-state index in [-0.39, 0.29) is 12.5 Å². The number of carbonyl (C=O) groups excluding carboxylic acids is 1. The molecule has 0 bridgehead atoms. The number of aromatic amines is 1. The fourth-order valence-corrected chi connectivity index (χ4v) is 2.13. The van der Waals surface area contributed by atoms with Crippen LogP contribution in [0.4, 0.5) is 0 Å². The molecule has 0 unspecified atom stereocenters. The lowest BCUT2D eigenvalue weighted by molar-refractivity contribution is -0.117. The number of carbonyl (C=O) groups is 1. The minimum Gasteiger partial charge on any atom is -0.488 e. The molecule has 0 saturated carbocycles. The molecule has 0 saturated heterocycles. The molecular formula is C14H12ClN3O2. The first-order chi connectivity index (χ1) is 9.72. The van der Waals surface area contributed by atoms with E-state index >= 15 is 0 Å². The highest BCUT2D eigenvalue weighted by Gasteiger charge is 2.17. The van der Waals surface area contributed by atoms with Gasteiger partial charge in [-0.2, -0.15) is 5.10 Å². The van der Waals surface area contributed by atoms with Crippen molar-refractivity contribution in [3.8, 4) is 5.75 Å². The van der Waals surface area contributed by atoms with E-state index in [9.17, 15) is 4.79 Å². The van der Waals surface area contributed by atoms with Crippen LogP contribution in [-0.4, -0.2) is 22.7 Å². The van der Waals surface area contributed by atoms with Gasteiger partial charge in [0.15, 0.2) is 0 Å². The number of halogens is 1. The topological polar surface area (TPSA) is 67.0 Å². The van der Waals surface area contributed by atoms with Crippen molar-refractivity contribution in [3.05, 3.63) is 52.3 Å². The van der Waals surface area contributed by atoms with Gasteiger partial charge in [0.1, 0.15) is 12.4 Å². The first-order valence-electron chi connectivity index (χ1n) is 6.11. The Morgan fingerprint density at radius 3 is 3.20 bits per heavy atom. The molecule has 5 nitrogen and oxygen atoms in total. The average Bonchev–Trinajstić information content (AvgIpc) is 2.97. The van der Waals surface area contributed by atoms with Crippen LogP contribution in [0.1, 0.15) is 11.1 Å². The lowest BCUT2D eigenvalue weighted by atomic mass is 10.1. The molecule has 1 aromatic heterocycles. The third-order valence-corrected chi connectivity index (χ3v) is 3.22. The largest absolute Gasteiger partial charge is 0.488 e. The van der Waals surface area contributed by atoms with Crippen molar-refractivity contribution in [2.24, 2.45) is 0 Å². The zero-order chi connectivity index (χ0) is 13.9. The Hall–Kier alpha value is -2.27. The molecule has 2 heterocycles. The Labute approximate surface area is 120 Å². The van der Waals surface area contributed by atoms with Gasteiger partial charge in [0, 0.05) is 28.9 Å². The average molecular weight is 290 g/mol. The summed E-state index contributed by atoms with van der Waals surface area (Å²) in [6.45, 7) is 0.681. The normalized spacial score (nSPS) is 13.2. The number of nitrogens with one attached hydrogen (secondary N) is 2. The Morgan fingerprint density at radius 1 is 1.50 bits per heavy atom. The van der Waals surface area contributed by atoms with Crippen molar-refractivity contribution in [2.45, 2.75) is 6.54 Å². The van der Waals surface area contributed by atoms with Crippen LogP contribution in [-0.2, 0) is 11.3 Å². The Morgan fingerprint density at radius 2 is 2.40 bits per heavy atom. The van der Waals surface area contributed by atoms with Crippen LogP contribution >= 0.6 is 11.6 Å². The summed E-state index contributed by atoms with van der Waals surface area (Å²) in [6, 6.07) is 5.34. The van der Waals surface area contributed by atoms with E-state index in [0.29, 0.717) is 17.1 Å². The molecule has 0 radical (unpaired) electrons. The molecule has 0 atom stereocenters. The molecule has 1 aromatic carbocycles. The van der Waals surface area contributed by atoms with Gasteiger partial charge in [-0.3, -0.25) is 9.89 Å². The van der Waals surface area contributed by atoms with E-state index in [4.69, 9.17) is 16.3 Å². The molecule has 6 heteroatoms. The second-order valence-corrected chi connectivity index (χ2v) is 4.87. The predicted octanol–water partition coefficient (Wildman–Crippen LogP) is 2.16. The second kappa shape index (κ2) is 5.38. The summed E-state index contributed by atoms with van der Waals surface area (Å²) in [7, 11) is 0. The molecule has 1 aliphatic heterocycles. The lowest BCUT2D eigenvalue weighted by Crippen LogP contribution is -2.28. The molecule has 20 heavy (non-hydrogen) atoms. The van der Waals surface area contributed by atoms with Crippen molar-refractivity contribution in [1.29, 1.82) is 0 Å². The van der Waals surface area contributed by atoms with Crippen molar-refractivity contribution in [3.63, 3.8) is 0 Å². The molecule has 2 N–H and O–H groups in total. The molecule has 1 aliphatic rings. The molecule has 0 fully saturated rings. The van der Waals surface area contributed by atoms with Crippen LogP contribution in [0.25, 0.3) is 6.08 Å². The maximum Gasteiger partial charge on any atom is 0.250 e. The Bertz CT molecular complexity index is 665. The molecule has 1 amide bonds. The highest BCUT2D eigenvalue weighted by molar-refractivity contribution is 6.30. The number of ether oxygens (including phenoxy) is 1. The SMILES string of the molecule is O=C(NCc1cn[nH]c1)C1=Cc2cc(Cl)ccc2OC1. The summed E-state index contributed by atoms with van der Waals surface area (Å²) in [6.07, 6.45) is 5.21. The van der Waals surface area contributed by atoms with Gasteiger partial charge >= 0.3 is 0 Å². The summed E-state index contributed by atoms with van der Waals surface area (Å²) in [4.78, 5) is 12.1. The smallest absolute Gasteiger partial charge is 0.250 e. The molecule has 3 rings (SSSR count). The molecular weight excluding hydrogens is 278 g/mol. The van der Waals surface area contributed by atoms with Gasteiger partial charge in [-0.1, -0.05) is 11.6 Å². The number of amides is 1. The van der Waals surface area contributed by atoms with Crippen molar-refractivity contribution in [1.82, 2.24) is 15.5 Å². The third kappa shape index (κ3) is 2.67. The van der Waals surface area contributed by atoms with Gasteiger partial charge in [0.05, 0.1) is 11.8 Å². The van der Waals surface area contributed by atoms with Crippen molar-refractivity contribution < 1.29 is 9.53 Å². The first-order valence-corrected chi connectivity index (χ1v) is 6.49. The van der Waals surface area contributed by atoms with E-state index in [0.717, 1.165) is 16.9 Å². The fourth-order valence-electron chi connectivity index (χ4n) is 1.95. The molecule has 0 spiro atoms. The van der Waals surface area contributed by atoms with Crippen molar-refractivity contribution >= 4 is 23.6 Å². The molecule has 2 aromatic rings. The minimum absolute atomic E-state index is 0.156. The van der Waals surface area contributed by atoms with E-state index in [1.807, 2.05) is 0 Å². The number of H-pyrrole nitrogens is 1. The molecule has 102 valence electrons. The van der Waals surface area contributed by atoms with Crippen molar-refractivity contribution in [2.75, 3.05) is 6.61 Å². The summed E-state index contributed by atoms with van der Waals surface area (Å²) in [5.41, 5.74) is 2.31. The summed E-state index contributed by atoms with van der Waals surface area (Å²) >= 11 is 5.94. The van der Waals surface area contributed by atoms with Gasteiger partial charge in [0.2, 0.25) is 0 Å². The Kier molecular flexibility index (Phi) is 3.43. The maximum atomic E-state index is 12.1. The monoisotopic (exact) mass is 289 g/mol. The van der Waals surface area contributed by atoms with Crippen LogP contribution in [0.3, 0.4) is 0 Å². The van der Waals surface area contributed by atoms with E-state index in [1.54, 1.807) is 36.7 Å². The number of hydrogen-bond donors (Lipinski definition) is 2. The van der Waals surface area contributed by atoms with Crippen LogP contribution in [0, 0.1) is 0 Å². The second-order valence-electron chi connectivity index (χ2n) is 4.43. The van der Waals surface area contributed by atoms with E-state index < -0.39 is 0 Å². The van der Waals surface area contributed by atoms with Gasteiger partial charge in [-0.25, -0.2) is 0 Å². The number of aromatic nitrogens is 2. The van der Waals surface area contributed by atoms with Gasteiger partial charge in [-0.05, 0) is 24.3 Å². The van der Waals surface area contributed by atoms with Crippen LogP contribution in [0.2, 0.25) is 5.02 Å². The first kappa shape index (κ1) is 12.7. The lowest BCUT2D eigenvalue weighted by Gasteiger charge is -2.17. The highest BCUT2D eigenvalue weighted by Crippen LogP contribution is 2.28. The summed E-state index contributed by atoms with van der Waals surface area (Å²) in [5.74, 6) is 0.581. The fraction of sp³-hybridized carbons (Fsp3) is 0.143. The molecule has 0 aliphatic carbocycles. The zero-order valence-corrected chi connectivity index (χ0v) is 11.3. The van der Waals surface area contributed by atoms with Crippen LogP contribution < -0.4 is 10.1 Å². The number of fused-ring (bicyclic) bond motifs is 1. The Balaban J connectivity index is 1.72. The maximum absolute atomic E-state index is 12.1. The predicted molar refractivity (Wildman–Crippen MR) is 75.4 cm³/mol. The van der Waals surface area contributed by atoms with Crippen LogP contribution in [0.5, 0.6) is 5.75 Å². The van der Waals surface area contributed by atoms with Gasteiger partial charge in [0.25, 0.3) is 5.91 Å². The van der Waals surface area contributed by atoms with E-state index in [1.165, 1.54) is 0 Å². The number of benzene rings is 1. The standard InChI is InChI=1S/C14H12ClN3O2/c15-12-1-2-13-10(4-12)3-11(8-20-13)14(19)16-5-9-6-17-18-7-9/h1-4,6-7H,5,8H2,(H,16,19)(H,17,18). The summed E-state index contributed by atoms with van der Waals surface area (Å²) < 4.78 is 5.54. The van der Waals surface area contributed by atoms with Gasteiger partial charge in [-0.15, -0.1) is 0 Å². The van der Waals surface area contributed by atoms with Crippen LogP contribution in [0.15, 0.2) is 36.2 Å². The van der Waals surface area contributed by atoms with Gasteiger partial charge < -0.3 is 10.1 Å². The van der Waals surface area contributed by atoms with E-state index in [2.05, 4.69) is 15.5 Å².